The van der Waals surface area contributed by atoms with E-state index in [2.05, 4.69) is 19.1 Å². The number of hydrogen-bond acceptors (Lipinski definition) is 2. The van der Waals surface area contributed by atoms with Crippen molar-refractivity contribution in [3.05, 3.63) is 12.2 Å². The van der Waals surface area contributed by atoms with E-state index in [0.29, 0.717) is 6.54 Å². The van der Waals surface area contributed by atoms with Gasteiger partial charge in [0.25, 0.3) is 0 Å². The summed E-state index contributed by atoms with van der Waals surface area (Å²) < 4.78 is 0. The SMILES string of the molecule is CCCCCC/C=C\CCCCCCCCN(CC(N)=O)C(=O)O. The van der Waals surface area contributed by atoms with Gasteiger partial charge in [-0.1, -0.05) is 64.0 Å². The fraction of sp³-hybridized carbons (Fsp3) is 0.789. The van der Waals surface area contributed by atoms with E-state index < -0.39 is 12.0 Å². The molecule has 24 heavy (non-hydrogen) atoms. The number of amides is 2. The molecular formula is C19H36N2O3. The topological polar surface area (TPSA) is 83.6 Å². The van der Waals surface area contributed by atoms with Crippen LogP contribution in [0.1, 0.15) is 84.0 Å². The zero-order chi connectivity index (χ0) is 18.0. The zero-order valence-electron chi connectivity index (χ0n) is 15.3. The summed E-state index contributed by atoms with van der Waals surface area (Å²) in [5.74, 6) is -0.601. The molecule has 0 atom stereocenters. The highest BCUT2D eigenvalue weighted by Crippen LogP contribution is 2.09. The van der Waals surface area contributed by atoms with Crippen LogP contribution in [-0.2, 0) is 4.79 Å². The molecule has 0 bridgehead atoms. The highest BCUT2D eigenvalue weighted by molar-refractivity contribution is 5.80. The van der Waals surface area contributed by atoms with Crippen LogP contribution in [0.4, 0.5) is 4.79 Å². The van der Waals surface area contributed by atoms with Gasteiger partial charge in [-0.2, -0.15) is 0 Å². The van der Waals surface area contributed by atoms with Crippen LogP contribution in [0.5, 0.6) is 0 Å². The summed E-state index contributed by atoms with van der Waals surface area (Å²) in [4.78, 5) is 22.8. The monoisotopic (exact) mass is 340 g/mol. The second-order valence-corrected chi connectivity index (χ2v) is 6.40. The minimum atomic E-state index is -1.07. The molecule has 0 aliphatic rings. The Bertz CT molecular complexity index is 357. The average Bonchev–Trinajstić information content (AvgIpc) is 2.53. The van der Waals surface area contributed by atoms with Crippen molar-refractivity contribution in [2.75, 3.05) is 13.1 Å². The zero-order valence-corrected chi connectivity index (χ0v) is 15.3. The molecule has 3 N–H and O–H groups in total. The van der Waals surface area contributed by atoms with Crippen LogP contribution in [0.25, 0.3) is 0 Å². The van der Waals surface area contributed by atoms with Crippen LogP contribution in [0.3, 0.4) is 0 Å². The lowest BCUT2D eigenvalue weighted by Gasteiger charge is -2.16. The fourth-order valence-corrected chi connectivity index (χ4v) is 2.63. The number of carboxylic acid groups (broad SMARTS) is 1. The first-order valence-electron chi connectivity index (χ1n) is 9.49. The molecule has 0 spiro atoms. The number of carbonyl (C=O) groups excluding carboxylic acids is 1. The molecule has 0 aromatic carbocycles. The maximum Gasteiger partial charge on any atom is 0.407 e. The van der Waals surface area contributed by atoms with E-state index in [-0.39, 0.29) is 6.54 Å². The second kappa shape index (κ2) is 16.3. The Labute approximate surface area is 147 Å². The van der Waals surface area contributed by atoms with Gasteiger partial charge in [0, 0.05) is 6.54 Å². The van der Waals surface area contributed by atoms with E-state index in [1.165, 1.54) is 57.8 Å². The number of rotatable bonds is 16. The summed E-state index contributed by atoms with van der Waals surface area (Å²) in [6.45, 7) is 2.41. The van der Waals surface area contributed by atoms with Crippen molar-refractivity contribution in [1.82, 2.24) is 4.90 Å². The minimum absolute atomic E-state index is 0.208. The van der Waals surface area contributed by atoms with Crippen molar-refractivity contribution in [2.45, 2.75) is 84.0 Å². The minimum Gasteiger partial charge on any atom is -0.465 e. The third-order valence-electron chi connectivity index (χ3n) is 4.06. The van der Waals surface area contributed by atoms with Crippen molar-refractivity contribution in [3.63, 3.8) is 0 Å². The van der Waals surface area contributed by atoms with Crippen LogP contribution < -0.4 is 5.73 Å². The van der Waals surface area contributed by atoms with Crippen molar-refractivity contribution >= 4 is 12.0 Å². The molecular weight excluding hydrogens is 304 g/mol. The molecule has 2 amide bonds. The molecule has 0 aliphatic heterocycles. The van der Waals surface area contributed by atoms with E-state index in [1.807, 2.05) is 0 Å². The number of hydrogen-bond donors (Lipinski definition) is 2. The molecule has 0 rings (SSSR count). The second-order valence-electron chi connectivity index (χ2n) is 6.40. The molecule has 0 aromatic heterocycles. The quantitative estimate of drug-likeness (QED) is 0.315. The van der Waals surface area contributed by atoms with Gasteiger partial charge in [0.15, 0.2) is 0 Å². The average molecular weight is 341 g/mol. The molecule has 0 radical (unpaired) electrons. The molecule has 5 nitrogen and oxygen atoms in total. The van der Waals surface area contributed by atoms with E-state index in [4.69, 9.17) is 10.8 Å². The molecule has 5 heteroatoms. The van der Waals surface area contributed by atoms with Gasteiger partial charge in [-0.25, -0.2) is 4.79 Å². The lowest BCUT2D eigenvalue weighted by Crippen LogP contribution is -2.38. The molecule has 0 saturated heterocycles. The third-order valence-corrected chi connectivity index (χ3v) is 4.06. The number of unbranched alkanes of at least 4 members (excludes halogenated alkanes) is 10. The molecule has 140 valence electrons. The Morgan fingerprint density at radius 1 is 0.875 bits per heavy atom. The van der Waals surface area contributed by atoms with Gasteiger partial charge < -0.3 is 10.8 Å². The summed E-state index contributed by atoms with van der Waals surface area (Å²) in [6, 6.07) is 0. The van der Waals surface area contributed by atoms with Gasteiger partial charge in [0.1, 0.15) is 6.54 Å². The Morgan fingerprint density at radius 3 is 1.88 bits per heavy atom. The smallest absolute Gasteiger partial charge is 0.407 e. The Balaban J connectivity index is 3.39. The van der Waals surface area contributed by atoms with Gasteiger partial charge in [-0.05, 0) is 32.1 Å². The van der Waals surface area contributed by atoms with Crippen molar-refractivity contribution < 1.29 is 14.7 Å². The van der Waals surface area contributed by atoms with Gasteiger partial charge in [0.05, 0.1) is 0 Å². The number of carbonyl (C=O) groups is 2. The van der Waals surface area contributed by atoms with Crippen LogP contribution in [0, 0.1) is 0 Å². The Kier molecular flexibility index (Phi) is 15.3. The summed E-state index contributed by atoms with van der Waals surface area (Å²) >= 11 is 0. The van der Waals surface area contributed by atoms with E-state index in [9.17, 15) is 9.59 Å². The highest BCUT2D eigenvalue weighted by Gasteiger charge is 2.13. The summed E-state index contributed by atoms with van der Waals surface area (Å²) in [7, 11) is 0. The molecule has 0 unspecified atom stereocenters. The van der Waals surface area contributed by atoms with Crippen LogP contribution in [0.2, 0.25) is 0 Å². The number of primary amides is 1. The molecule has 0 aliphatic carbocycles. The van der Waals surface area contributed by atoms with E-state index in [1.54, 1.807) is 0 Å². The van der Waals surface area contributed by atoms with E-state index in [0.717, 1.165) is 24.2 Å². The fourth-order valence-electron chi connectivity index (χ4n) is 2.63. The Hall–Kier alpha value is -1.52. The number of allylic oxidation sites excluding steroid dienone is 2. The largest absolute Gasteiger partial charge is 0.465 e. The van der Waals surface area contributed by atoms with Crippen LogP contribution >= 0.6 is 0 Å². The maximum absolute atomic E-state index is 10.9. The van der Waals surface area contributed by atoms with Crippen LogP contribution in [-0.4, -0.2) is 35.1 Å². The maximum atomic E-state index is 10.9. The Morgan fingerprint density at radius 2 is 1.38 bits per heavy atom. The molecule has 0 fully saturated rings. The van der Waals surface area contributed by atoms with Crippen LogP contribution in [0.15, 0.2) is 12.2 Å². The van der Waals surface area contributed by atoms with Gasteiger partial charge in [-0.3, -0.25) is 9.69 Å². The summed E-state index contributed by atoms with van der Waals surface area (Å²) in [5.41, 5.74) is 5.03. The molecule has 0 heterocycles. The van der Waals surface area contributed by atoms with Crippen molar-refractivity contribution in [1.29, 1.82) is 0 Å². The summed E-state index contributed by atoms with van der Waals surface area (Å²) in [6.07, 6.45) is 17.8. The van der Waals surface area contributed by atoms with E-state index >= 15 is 0 Å². The van der Waals surface area contributed by atoms with Gasteiger partial charge in [0.2, 0.25) is 5.91 Å². The molecule has 0 aromatic rings. The lowest BCUT2D eigenvalue weighted by atomic mass is 10.1. The predicted molar refractivity (Wildman–Crippen MR) is 99.0 cm³/mol. The summed E-state index contributed by atoms with van der Waals surface area (Å²) in [5, 5.41) is 8.94. The molecule has 0 saturated carbocycles. The predicted octanol–water partition coefficient (Wildman–Crippen LogP) is 4.71. The van der Waals surface area contributed by atoms with Crippen molar-refractivity contribution in [2.24, 2.45) is 5.73 Å². The first-order chi connectivity index (χ1) is 11.6. The van der Waals surface area contributed by atoms with Crippen molar-refractivity contribution in [3.8, 4) is 0 Å². The highest BCUT2D eigenvalue weighted by atomic mass is 16.4. The standard InChI is InChI=1S/C19H36N2O3/c1-2-3-4-5-6-7-8-9-10-11-12-13-14-15-16-21(19(23)24)17-18(20)22/h7-8H,2-6,9-17H2,1H3,(H2,20,22)(H,23,24)/b8-7-. The lowest BCUT2D eigenvalue weighted by molar-refractivity contribution is -0.118. The first kappa shape index (κ1) is 22.5. The number of nitrogens with two attached hydrogens (primary N) is 1. The number of nitrogens with zero attached hydrogens (tertiary/aromatic N) is 1. The first-order valence-corrected chi connectivity index (χ1v) is 9.49. The van der Waals surface area contributed by atoms with Gasteiger partial charge >= 0.3 is 6.09 Å². The normalized spacial score (nSPS) is 11.0. The third kappa shape index (κ3) is 15.4. The van der Waals surface area contributed by atoms with Gasteiger partial charge in [-0.15, -0.1) is 0 Å².